The molecule has 17 heteroatoms. The van der Waals surface area contributed by atoms with Gasteiger partial charge in [0.15, 0.2) is 81.4 Å². The maximum Gasteiger partial charge on any atom is 0.254 e. The lowest BCUT2D eigenvalue weighted by atomic mass is 9.34. The maximum atomic E-state index is 16.0. The van der Waals surface area contributed by atoms with Gasteiger partial charge in [0.1, 0.15) is 5.82 Å². The molecule has 0 aliphatic heterocycles. The molecule has 0 spiro atoms. The van der Waals surface area contributed by atoms with Crippen LogP contribution >= 0.6 is 0 Å². The van der Waals surface area contributed by atoms with Crippen LogP contribution in [-0.2, 0) is 6.42 Å². The molecule has 0 saturated heterocycles. The topological polar surface area (TPSA) is 0 Å². The first-order valence-electron chi connectivity index (χ1n) is 13.0. The highest BCUT2D eigenvalue weighted by molar-refractivity contribution is 6.96. The molecule has 0 bridgehead atoms. The van der Waals surface area contributed by atoms with Crippen LogP contribution in [0.2, 0.25) is 0 Å². The minimum atomic E-state index is -3.28. The monoisotopic (exact) mass is 694 g/mol. The summed E-state index contributed by atoms with van der Waals surface area (Å²) in [5.41, 5.74) is -13.7. The highest BCUT2D eigenvalue weighted by atomic mass is 19.2. The fourth-order valence-corrected chi connectivity index (χ4v) is 5.86. The molecular formula is C31H7BF16. The molecule has 6 rings (SSSR count). The molecule has 1 aliphatic carbocycles. The van der Waals surface area contributed by atoms with E-state index in [4.69, 9.17) is 0 Å². The Bertz CT molecular complexity index is 2220. The predicted molar refractivity (Wildman–Crippen MR) is 137 cm³/mol. The number of hydrogen-bond acceptors (Lipinski definition) is 0. The summed E-state index contributed by atoms with van der Waals surface area (Å²) in [5, 5.41) is 0. The number of hydrogen-bond donors (Lipinski definition) is 0. The minimum absolute atomic E-state index is 0.0411. The van der Waals surface area contributed by atoms with Gasteiger partial charge in [-0.25, -0.2) is 70.2 Å². The van der Waals surface area contributed by atoms with Gasteiger partial charge in [-0.05, 0) is 46.1 Å². The van der Waals surface area contributed by atoms with Gasteiger partial charge in [-0.15, -0.1) is 0 Å². The Morgan fingerprint density at radius 1 is 0.354 bits per heavy atom. The van der Waals surface area contributed by atoms with Gasteiger partial charge < -0.3 is 0 Å². The molecule has 246 valence electrons. The minimum Gasteiger partial charge on any atom is -0.206 e. The Hall–Kier alpha value is -4.96. The Labute approximate surface area is 256 Å². The van der Waals surface area contributed by atoms with Crippen molar-refractivity contribution in [3.8, 4) is 22.3 Å². The molecule has 0 fully saturated rings. The second-order valence-electron chi connectivity index (χ2n) is 10.3. The molecule has 0 N–H and O–H groups in total. The van der Waals surface area contributed by atoms with Crippen molar-refractivity contribution in [2.75, 3.05) is 0 Å². The molecule has 48 heavy (non-hydrogen) atoms. The summed E-state index contributed by atoms with van der Waals surface area (Å²) in [6.07, 6.45) is -0.890. The van der Waals surface area contributed by atoms with E-state index in [1.807, 2.05) is 0 Å². The third-order valence-electron chi connectivity index (χ3n) is 7.90. The molecule has 0 atom stereocenters. The smallest absolute Gasteiger partial charge is 0.206 e. The van der Waals surface area contributed by atoms with Crippen LogP contribution in [0.3, 0.4) is 0 Å². The Kier molecular flexibility index (Phi) is 7.79. The van der Waals surface area contributed by atoms with Crippen LogP contribution < -0.4 is 16.4 Å². The van der Waals surface area contributed by atoms with Crippen molar-refractivity contribution in [1.82, 2.24) is 0 Å². The van der Waals surface area contributed by atoms with Crippen molar-refractivity contribution in [1.29, 1.82) is 0 Å². The van der Waals surface area contributed by atoms with Crippen LogP contribution in [0.25, 0.3) is 22.3 Å². The van der Waals surface area contributed by atoms with Crippen LogP contribution in [-0.4, -0.2) is 6.71 Å². The van der Waals surface area contributed by atoms with Gasteiger partial charge in [-0.1, -0.05) is 18.2 Å². The summed E-state index contributed by atoms with van der Waals surface area (Å²) >= 11 is 0. The molecule has 5 aromatic rings. The zero-order valence-corrected chi connectivity index (χ0v) is 22.7. The molecule has 0 saturated carbocycles. The highest BCUT2D eigenvalue weighted by Crippen LogP contribution is 2.42. The van der Waals surface area contributed by atoms with Crippen LogP contribution in [0.15, 0.2) is 30.3 Å². The number of benzene rings is 5. The second kappa shape index (κ2) is 11.3. The summed E-state index contributed by atoms with van der Waals surface area (Å²) in [6.45, 7) is -3.28. The lowest BCUT2D eigenvalue weighted by Gasteiger charge is -2.25. The first-order valence-corrected chi connectivity index (χ1v) is 13.0. The van der Waals surface area contributed by atoms with Crippen molar-refractivity contribution in [2.24, 2.45) is 0 Å². The molecule has 0 heterocycles. The van der Waals surface area contributed by atoms with Crippen LogP contribution in [0.5, 0.6) is 0 Å². The Morgan fingerprint density at radius 3 is 1.44 bits per heavy atom. The van der Waals surface area contributed by atoms with Gasteiger partial charge in [0, 0.05) is 16.7 Å². The number of fused-ring (bicyclic) bond motifs is 3. The molecule has 0 radical (unpaired) electrons. The van der Waals surface area contributed by atoms with Crippen molar-refractivity contribution in [3.63, 3.8) is 0 Å². The van der Waals surface area contributed by atoms with Gasteiger partial charge in [0.2, 0.25) is 5.82 Å². The van der Waals surface area contributed by atoms with Gasteiger partial charge in [-0.2, -0.15) is 0 Å². The van der Waals surface area contributed by atoms with Crippen molar-refractivity contribution in [2.45, 2.75) is 6.42 Å². The van der Waals surface area contributed by atoms with Crippen LogP contribution in [0.1, 0.15) is 11.1 Å². The molecule has 0 amide bonds. The Balaban J connectivity index is 1.88. The predicted octanol–water partition coefficient (Wildman–Crippen LogP) is 7.67. The Morgan fingerprint density at radius 2 is 0.833 bits per heavy atom. The van der Waals surface area contributed by atoms with Crippen molar-refractivity contribution < 1.29 is 70.2 Å². The quantitative estimate of drug-likeness (QED) is 0.0770. The van der Waals surface area contributed by atoms with E-state index in [1.54, 1.807) is 0 Å². The average Bonchev–Trinajstić information content (AvgIpc) is 3.45. The van der Waals surface area contributed by atoms with E-state index in [-0.39, 0.29) is 17.7 Å². The van der Waals surface area contributed by atoms with Gasteiger partial charge in [-0.3, -0.25) is 0 Å². The summed E-state index contributed by atoms with van der Waals surface area (Å²) in [7, 11) is 0. The lowest BCUT2D eigenvalue weighted by Crippen LogP contribution is -2.58. The van der Waals surface area contributed by atoms with E-state index < -0.39 is 150 Å². The molecular weight excluding hydrogens is 687 g/mol. The zero-order valence-electron chi connectivity index (χ0n) is 22.7. The maximum absolute atomic E-state index is 16.0. The third kappa shape index (κ3) is 4.42. The molecule has 0 nitrogen and oxygen atoms in total. The first-order chi connectivity index (χ1) is 22.5. The normalized spacial score (nSPS) is 12.1. The number of rotatable bonds is 4. The van der Waals surface area contributed by atoms with Gasteiger partial charge >= 0.3 is 0 Å². The molecule has 1 aliphatic rings. The van der Waals surface area contributed by atoms with E-state index in [0.29, 0.717) is 6.07 Å². The molecule has 0 aromatic heterocycles. The lowest BCUT2D eigenvalue weighted by molar-refractivity contribution is 0.379. The molecule has 5 aromatic carbocycles. The van der Waals surface area contributed by atoms with Crippen LogP contribution in [0, 0.1) is 93.1 Å². The zero-order chi connectivity index (χ0) is 35.3. The fourth-order valence-electron chi connectivity index (χ4n) is 5.86. The van der Waals surface area contributed by atoms with E-state index in [1.165, 1.54) is 0 Å². The highest BCUT2D eigenvalue weighted by Gasteiger charge is 2.45. The SMILES string of the molecule is Fc1ccc(B(c2c(F)c(F)c(F)c3c2Cc2cccc(F)c2-3)c2c(F)c(F)c(F)c(F)c2-c2c(F)c(F)c(F)c(F)c2F)c(F)c1F. The van der Waals surface area contributed by atoms with Gasteiger partial charge in [0.25, 0.3) is 6.71 Å². The van der Waals surface area contributed by atoms with Crippen molar-refractivity contribution in [3.05, 3.63) is 135 Å². The average molecular weight is 694 g/mol. The number of halogens is 16. The summed E-state index contributed by atoms with van der Waals surface area (Å²) in [5.74, 6) is -41.8. The summed E-state index contributed by atoms with van der Waals surface area (Å²) < 4.78 is 239. The first kappa shape index (κ1) is 33.0. The largest absolute Gasteiger partial charge is 0.254 e. The summed E-state index contributed by atoms with van der Waals surface area (Å²) in [4.78, 5) is 0. The van der Waals surface area contributed by atoms with Gasteiger partial charge in [0.05, 0.1) is 5.56 Å². The van der Waals surface area contributed by atoms with E-state index >= 15 is 35.1 Å². The second-order valence-corrected chi connectivity index (χ2v) is 10.3. The van der Waals surface area contributed by atoms with Crippen molar-refractivity contribution >= 4 is 23.1 Å². The third-order valence-corrected chi connectivity index (χ3v) is 7.90. The molecule has 0 unspecified atom stereocenters. The van der Waals surface area contributed by atoms with Crippen LogP contribution in [0.4, 0.5) is 70.2 Å². The van der Waals surface area contributed by atoms with E-state index in [9.17, 15) is 35.1 Å². The summed E-state index contributed by atoms with van der Waals surface area (Å²) in [6, 6.07) is 2.98. The fraction of sp³-hybridized carbons (Fsp3) is 0.0323. The van der Waals surface area contributed by atoms with E-state index in [0.717, 1.165) is 12.1 Å². The van der Waals surface area contributed by atoms with E-state index in [2.05, 4.69) is 0 Å². The standard InChI is InChI=1S/C31H7BF16/c33-10-3-1-2-7-6-8-13(12(7)10)20(37)26(43)24(41)16(8)32(9-4-5-11(34)19(36)18(9)35)17-14(21(38)27(44)30(47)25(17)42)15-22(39)28(45)31(48)29(46)23(15)40/h1-5H,6H2.